The van der Waals surface area contributed by atoms with E-state index in [4.69, 9.17) is 51.1 Å². The molecule has 0 amide bonds. The third kappa shape index (κ3) is 3.97. The Kier molecular flexibility index (Phi) is 5.64. The molecular formula is C15H12Cl4O2. The zero-order chi connectivity index (χ0) is 15.6. The van der Waals surface area contributed by atoms with Gasteiger partial charge in [0.2, 0.25) is 0 Å². The molecule has 0 aliphatic rings. The van der Waals surface area contributed by atoms with E-state index in [9.17, 15) is 5.11 Å². The molecule has 0 aliphatic carbocycles. The molecule has 1 unspecified atom stereocenters. The molecule has 0 aromatic heterocycles. The number of rotatable bonds is 4. The number of benzene rings is 2. The summed E-state index contributed by atoms with van der Waals surface area (Å²) in [6, 6.07) is 8.00. The number of halogens is 4. The maximum Gasteiger partial charge on any atom is 0.139 e. The van der Waals surface area contributed by atoms with Crippen LogP contribution in [0.15, 0.2) is 30.3 Å². The van der Waals surface area contributed by atoms with Crippen LogP contribution in [-0.4, -0.2) is 11.7 Å². The van der Waals surface area contributed by atoms with Gasteiger partial charge in [0.15, 0.2) is 0 Å². The van der Waals surface area contributed by atoms with Crippen LogP contribution in [0, 0.1) is 0 Å². The standard InChI is InChI=1S/C15H12Cl4O2/c1-2-21-14-7-12(18)11(6-13(14)19)15(20)8-3-9(16)5-10(17)4-8/h3-7,15,20H,2H2,1H3. The molecule has 6 heteroatoms. The number of ether oxygens (including phenoxy) is 1. The smallest absolute Gasteiger partial charge is 0.139 e. The zero-order valence-corrected chi connectivity index (χ0v) is 14.1. The van der Waals surface area contributed by atoms with Gasteiger partial charge in [-0.05, 0) is 36.8 Å². The van der Waals surface area contributed by atoms with Crippen LogP contribution in [0.5, 0.6) is 5.75 Å². The SMILES string of the molecule is CCOc1cc(Cl)c(C(O)c2cc(Cl)cc(Cl)c2)cc1Cl. The van der Waals surface area contributed by atoms with Crippen molar-refractivity contribution in [2.24, 2.45) is 0 Å². The normalized spacial score (nSPS) is 12.3. The predicted octanol–water partition coefficient (Wildman–Crippen LogP) is 5.78. The molecule has 2 nitrogen and oxygen atoms in total. The van der Waals surface area contributed by atoms with Crippen molar-refractivity contribution in [1.82, 2.24) is 0 Å². The van der Waals surface area contributed by atoms with E-state index in [1.807, 2.05) is 6.92 Å². The predicted molar refractivity (Wildman–Crippen MR) is 88.2 cm³/mol. The highest BCUT2D eigenvalue weighted by Crippen LogP contribution is 2.37. The Morgan fingerprint density at radius 1 is 0.952 bits per heavy atom. The van der Waals surface area contributed by atoms with Crippen LogP contribution in [-0.2, 0) is 0 Å². The fraction of sp³-hybridized carbons (Fsp3) is 0.200. The summed E-state index contributed by atoms with van der Waals surface area (Å²) in [5.41, 5.74) is 0.998. The Morgan fingerprint density at radius 3 is 2.14 bits per heavy atom. The van der Waals surface area contributed by atoms with Crippen molar-refractivity contribution in [1.29, 1.82) is 0 Å². The second-order valence-electron chi connectivity index (χ2n) is 4.34. The molecule has 0 heterocycles. The number of hydrogen-bond acceptors (Lipinski definition) is 2. The number of aliphatic hydroxyl groups excluding tert-OH is 1. The number of aliphatic hydroxyl groups is 1. The highest BCUT2D eigenvalue weighted by atomic mass is 35.5. The van der Waals surface area contributed by atoms with Gasteiger partial charge in [-0.1, -0.05) is 46.4 Å². The van der Waals surface area contributed by atoms with E-state index in [-0.39, 0.29) is 0 Å². The monoisotopic (exact) mass is 364 g/mol. The van der Waals surface area contributed by atoms with Gasteiger partial charge >= 0.3 is 0 Å². The molecule has 1 atom stereocenters. The van der Waals surface area contributed by atoms with E-state index in [1.54, 1.807) is 30.3 Å². The van der Waals surface area contributed by atoms with Crippen molar-refractivity contribution in [2.75, 3.05) is 6.61 Å². The van der Waals surface area contributed by atoms with E-state index in [1.165, 1.54) is 0 Å². The fourth-order valence-electron chi connectivity index (χ4n) is 1.93. The summed E-state index contributed by atoms with van der Waals surface area (Å²) in [6.45, 7) is 2.32. The van der Waals surface area contributed by atoms with Gasteiger partial charge in [-0.25, -0.2) is 0 Å². The molecule has 1 N–H and O–H groups in total. The molecule has 2 rings (SSSR count). The molecule has 0 saturated heterocycles. The lowest BCUT2D eigenvalue weighted by Gasteiger charge is -2.16. The molecule has 0 bridgehead atoms. The first-order valence-electron chi connectivity index (χ1n) is 6.18. The molecule has 0 spiro atoms. The van der Waals surface area contributed by atoms with Gasteiger partial charge in [0.05, 0.1) is 16.7 Å². The quantitative estimate of drug-likeness (QED) is 0.743. The summed E-state index contributed by atoms with van der Waals surface area (Å²) in [7, 11) is 0. The van der Waals surface area contributed by atoms with Crippen LogP contribution < -0.4 is 4.74 Å². The Morgan fingerprint density at radius 2 is 1.57 bits per heavy atom. The summed E-state index contributed by atoms with van der Waals surface area (Å²) < 4.78 is 5.36. The van der Waals surface area contributed by atoms with Crippen LogP contribution in [0.4, 0.5) is 0 Å². The van der Waals surface area contributed by atoms with Gasteiger partial charge < -0.3 is 9.84 Å². The molecule has 112 valence electrons. The second kappa shape index (κ2) is 7.08. The van der Waals surface area contributed by atoms with Crippen molar-refractivity contribution in [3.8, 4) is 5.75 Å². The van der Waals surface area contributed by atoms with Crippen molar-refractivity contribution < 1.29 is 9.84 Å². The summed E-state index contributed by atoms with van der Waals surface area (Å²) in [5.74, 6) is 0.476. The number of hydrogen-bond donors (Lipinski definition) is 1. The average molecular weight is 366 g/mol. The Bertz CT molecular complexity index is 638. The maximum absolute atomic E-state index is 10.5. The first kappa shape index (κ1) is 16.7. The average Bonchev–Trinajstić information content (AvgIpc) is 2.41. The largest absolute Gasteiger partial charge is 0.492 e. The van der Waals surface area contributed by atoms with Gasteiger partial charge in [-0.15, -0.1) is 0 Å². The summed E-state index contributed by atoms with van der Waals surface area (Å²) in [4.78, 5) is 0. The lowest BCUT2D eigenvalue weighted by molar-refractivity contribution is 0.220. The summed E-state index contributed by atoms with van der Waals surface area (Å²) >= 11 is 24.2. The first-order chi connectivity index (χ1) is 9.92. The lowest BCUT2D eigenvalue weighted by Crippen LogP contribution is -2.02. The maximum atomic E-state index is 10.5. The van der Waals surface area contributed by atoms with E-state index in [0.717, 1.165) is 0 Å². The Labute approximate surface area is 143 Å². The van der Waals surface area contributed by atoms with Gasteiger partial charge in [0.1, 0.15) is 11.9 Å². The van der Waals surface area contributed by atoms with Gasteiger partial charge in [0.25, 0.3) is 0 Å². The fourth-order valence-corrected chi connectivity index (χ4v) is 2.96. The van der Waals surface area contributed by atoms with Crippen LogP contribution in [0.25, 0.3) is 0 Å². The van der Waals surface area contributed by atoms with Crippen LogP contribution in [0.2, 0.25) is 20.1 Å². The minimum absolute atomic E-state index is 0.353. The van der Waals surface area contributed by atoms with Gasteiger partial charge in [-0.2, -0.15) is 0 Å². The van der Waals surface area contributed by atoms with Crippen molar-refractivity contribution in [3.63, 3.8) is 0 Å². The third-order valence-corrected chi connectivity index (χ3v) is 3.91. The topological polar surface area (TPSA) is 29.5 Å². The second-order valence-corrected chi connectivity index (χ2v) is 6.03. The van der Waals surface area contributed by atoms with Crippen LogP contribution >= 0.6 is 46.4 Å². The Hall–Kier alpha value is -0.640. The minimum Gasteiger partial charge on any atom is -0.492 e. The third-order valence-electron chi connectivity index (χ3n) is 2.85. The zero-order valence-electron chi connectivity index (χ0n) is 11.0. The molecule has 0 saturated carbocycles. The molecular weight excluding hydrogens is 354 g/mol. The van der Waals surface area contributed by atoms with E-state index in [2.05, 4.69) is 0 Å². The van der Waals surface area contributed by atoms with Gasteiger partial charge in [0, 0.05) is 21.7 Å². The lowest BCUT2D eigenvalue weighted by atomic mass is 10.0. The molecule has 2 aromatic rings. The molecule has 0 radical (unpaired) electrons. The highest BCUT2D eigenvalue weighted by molar-refractivity contribution is 6.35. The van der Waals surface area contributed by atoms with Crippen molar-refractivity contribution >= 4 is 46.4 Å². The first-order valence-corrected chi connectivity index (χ1v) is 7.69. The van der Waals surface area contributed by atoms with Gasteiger partial charge in [-0.3, -0.25) is 0 Å². The van der Waals surface area contributed by atoms with Crippen molar-refractivity contribution in [3.05, 3.63) is 61.5 Å². The van der Waals surface area contributed by atoms with Crippen molar-refractivity contribution in [2.45, 2.75) is 13.0 Å². The summed E-state index contributed by atoms with van der Waals surface area (Å²) in [6.07, 6.45) is -0.984. The Balaban J connectivity index is 2.43. The minimum atomic E-state index is -0.984. The highest BCUT2D eigenvalue weighted by Gasteiger charge is 2.18. The van der Waals surface area contributed by atoms with Crippen LogP contribution in [0.3, 0.4) is 0 Å². The molecule has 21 heavy (non-hydrogen) atoms. The molecule has 0 aliphatic heterocycles. The van der Waals surface area contributed by atoms with E-state index < -0.39 is 6.10 Å². The van der Waals surface area contributed by atoms with E-state index >= 15 is 0 Å². The van der Waals surface area contributed by atoms with Crippen LogP contribution in [0.1, 0.15) is 24.2 Å². The molecule has 2 aromatic carbocycles. The summed E-state index contributed by atoms with van der Waals surface area (Å²) in [5, 5.41) is 12.1. The van der Waals surface area contributed by atoms with E-state index in [0.29, 0.717) is 43.6 Å². The molecule has 0 fully saturated rings.